The third-order valence-corrected chi connectivity index (χ3v) is 8.44. The molecule has 1 saturated heterocycles. The van der Waals surface area contributed by atoms with E-state index in [0.717, 1.165) is 83.6 Å². The molecule has 0 spiro atoms. The first-order valence-electron chi connectivity index (χ1n) is 15.2. The Morgan fingerprint density at radius 3 is 2.95 bits per heavy atom. The molecule has 4 aromatic rings. The molecule has 1 atom stereocenters. The van der Waals surface area contributed by atoms with E-state index >= 15 is 0 Å². The van der Waals surface area contributed by atoms with Crippen molar-refractivity contribution in [3.63, 3.8) is 0 Å². The van der Waals surface area contributed by atoms with Gasteiger partial charge in [-0.2, -0.15) is 15.3 Å². The summed E-state index contributed by atoms with van der Waals surface area (Å²) in [6.45, 7) is 8.97. The molecule has 0 saturated carbocycles. The van der Waals surface area contributed by atoms with Crippen LogP contribution in [0.25, 0.3) is 40.4 Å². The first-order chi connectivity index (χ1) is 21.5. The molecule has 44 heavy (non-hydrogen) atoms. The van der Waals surface area contributed by atoms with Gasteiger partial charge in [0.25, 0.3) is 0 Å². The molecule has 0 unspecified atom stereocenters. The molecule has 9 nitrogen and oxygen atoms in total. The number of hydrogen-bond donors (Lipinski definition) is 1. The van der Waals surface area contributed by atoms with Crippen LogP contribution in [0.3, 0.4) is 0 Å². The van der Waals surface area contributed by atoms with Gasteiger partial charge in [0.05, 0.1) is 18.3 Å². The van der Waals surface area contributed by atoms with Gasteiger partial charge in [-0.3, -0.25) is 14.7 Å². The smallest absolute Gasteiger partial charge is 0.240 e. The fourth-order valence-electron chi connectivity index (χ4n) is 6.25. The van der Waals surface area contributed by atoms with Crippen molar-refractivity contribution in [1.82, 2.24) is 29.4 Å². The average Bonchev–Trinajstić information content (AvgIpc) is 3.63. The number of allylic oxidation sites excluding steroid dienone is 2. The zero-order valence-electron chi connectivity index (χ0n) is 26.0. The summed E-state index contributed by atoms with van der Waals surface area (Å²) >= 11 is 0. The Morgan fingerprint density at radius 1 is 1.25 bits per heavy atom. The summed E-state index contributed by atoms with van der Waals surface area (Å²) in [4.78, 5) is 2.50. The number of aromatic amines is 1. The van der Waals surface area contributed by atoms with Crippen molar-refractivity contribution >= 4 is 41.2 Å². The molecule has 226 valence electrons. The second-order valence-corrected chi connectivity index (χ2v) is 11.5. The van der Waals surface area contributed by atoms with E-state index in [2.05, 4.69) is 91.1 Å². The van der Waals surface area contributed by atoms with Gasteiger partial charge in [0, 0.05) is 91.1 Å². The maximum absolute atomic E-state index is 5.74. The highest BCUT2D eigenvalue weighted by molar-refractivity contribution is 6.02. The van der Waals surface area contributed by atoms with Crippen LogP contribution >= 0.6 is 0 Å². The number of fused-ring (bicyclic) bond motifs is 2. The molecule has 0 radical (unpaired) electrons. The van der Waals surface area contributed by atoms with Crippen molar-refractivity contribution in [2.75, 3.05) is 20.2 Å². The van der Waals surface area contributed by atoms with E-state index in [-0.39, 0.29) is 0 Å². The lowest BCUT2D eigenvalue weighted by atomic mass is 9.99. The van der Waals surface area contributed by atoms with Crippen LogP contribution in [0.15, 0.2) is 71.0 Å². The van der Waals surface area contributed by atoms with E-state index < -0.39 is 0 Å². The van der Waals surface area contributed by atoms with Crippen molar-refractivity contribution in [2.45, 2.75) is 32.7 Å². The molecule has 3 aromatic heterocycles. The molecule has 6 rings (SSSR count). The zero-order chi connectivity index (χ0) is 30.6. The number of piperidine rings is 1. The second-order valence-electron chi connectivity index (χ2n) is 11.5. The van der Waals surface area contributed by atoms with Gasteiger partial charge >= 0.3 is 0 Å². The van der Waals surface area contributed by atoms with E-state index in [9.17, 15) is 0 Å². The molecule has 1 aromatic carbocycles. The monoisotopic (exact) mass is 588 g/mol. The van der Waals surface area contributed by atoms with E-state index in [1.165, 1.54) is 11.3 Å². The quantitative estimate of drug-likeness (QED) is 0.146. The molecule has 1 N–H and O–H groups in total. The lowest BCUT2D eigenvalue weighted by Gasteiger charge is -2.30. The van der Waals surface area contributed by atoms with Crippen molar-refractivity contribution in [2.24, 2.45) is 30.2 Å². The molecular weight excluding hydrogens is 548 g/mol. The Kier molecular flexibility index (Phi) is 8.56. The maximum Gasteiger partial charge on any atom is 0.240 e. The molecule has 1 aliphatic carbocycles. The van der Waals surface area contributed by atoms with Crippen LogP contribution in [0, 0.1) is 5.92 Å². The number of aryl methyl sites for hydroxylation is 1. The van der Waals surface area contributed by atoms with Crippen molar-refractivity contribution in [3.05, 3.63) is 89.1 Å². The average molecular weight is 589 g/mol. The van der Waals surface area contributed by atoms with E-state index in [4.69, 9.17) is 4.74 Å². The van der Waals surface area contributed by atoms with Gasteiger partial charge in [0.2, 0.25) is 5.90 Å². The largest absolute Gasteiger partial charge is 0.479 e. The van der Waals surface area contributed by atoms with Gasteiger partial charge in [-0.1, -0.05) is 36.9 Å². The van der Waals surface area contributed by atoms with Crippen LogP contribution in [0.2, 0.25) is 0 Å². The molecule has 9 heteroatoms. The third-order valence-electron chi connectivity index (χ3n) is 8.44. The highest BCUT2D eigenvalue weighted by Gasteiger charge is 2.21. The number of aromatic nitrogens is 5. The number of ether oxygens (including phenoxy) is 1. The van der Waals surface area contributed by atoms with Gasteiger partial charge in [0.1, 0.15) is 0 Å². The fourth-order valence-corrected chi connectivity index (χ4v) is 6.25. The lowest BCUT2D eigenvalue weighted by molar-refractivity contribution is 0.195. The van der Waals surface area contributed by atoms with Crippen LogP contribution in [-0.2, 0) is 31.8 Å². The first-order valence-corrected chi connectivity index (χ1v) is 15.2. The van der Waals surface area contributed by atoms with E-state index in [0.29, 0.717) is 11.8 Å². The van der Waals surface area contributed by atoms with Crippen LogP contribution in [0.5, 0.6) is 0 Å². The molecule has 4 heterocycles. The minimum absolute atomic E-state index is 0.327. The van der Waals surface area contributed by atoms with Gasteiger partial charge in [-0.05, 0) is 62.2 Å². The van der Waals surface area contributed by atoms with Gasteiger partial charge < -0.3 is 9.30 Å². The van der Waals surface area contributed by atoms with Gasteiger partial charge in [-0.15, -0.1) is 5.10 Å². The summed E-state index contributed by atoms with van der Waals surface area (Å²) in [5.41, 5.74) is 9.48. The third kappa shape index (κ3) is 6.01. The zero-order valence-corrected chi connectivity index (χ0v) is 26.0. The predicted molar refractivity (Wildman–Crippen MR) is 180 cm³/mol. The van der Waals surface area contributed by atoms with Crippen molar-refractivity contribution in [3.8, 4) is 11.3 Å². The number of benzene rings is 1. The molecule has 0 amide bonds. The predicted octanol–water partition coefficient (Wildman–Crippen LogP) is 6.42. The fraction of sp³-hybridized carbons (Fsp3) is 0.314. The summed E-state index contributed by atoms with van der Waals surface area (Å²) in [5.74, 6) is 0.804. The Labute approximate surface area is 258 Å². The SMILES string of the molecule is C=Cc1c(/C=C\C)cc(CN2CCC[C@@H](/C=N/N=C(\OC)C3=Cc4c(-c5ccc6nn(C)cc6c5)n[nH]c4CC=C3)C2)n1C. The summed E-state index contributed by atoms with van der Waals surface area (Å²) in [5, 5.41) is 22.5. The van der Waals surface area contributed by atoms with Gasteiger partial charge in [-0.25, -0.2) is 0 Å². The second kappa shape index (κ2) is 12.9. The number of rotatable bonds is 8. The highest BCUT2D eigenvalue weighted by atomic mass is 16.5. The number of hydrogen-bond acceptors (Lipinski definition) is 6. The summed E-state index contributed by atoms with van der Waals surface area (Å²) in [7, 11) is 5.70. The molecule has 1 aliphatic heterocycles. The number of nitrogens with one attached hydrogen (secondary N) is 1. The summed E-state index contributed by atoms with van der Waals surface area (Å²) in [6, 6.07) is 8.50. The number of methoxy groups -OCH3 is 1. The normalized spacial score (nSPS) is 17.9. The molecule has 1 fully saturated rings. The standard InChI is InChI=1S/C35H40N8O/c1-6-10-25-18-29(42(4)33(25)7-2)23-43-16-9-11-24(21-43)20-36-39-35(44-5)27-12-8-13-32-30(19-27)34(38-37-32)26-14-15-31-28(17-26)22-41(3)40-31/h6-8,10,12,14-15,17-20,22,24H,2,9,11,13,16,21,23H2,1,3-5H3,(H,37,38)/b10-6-,36-20+,39-35-/t24-/m0/s1. The van der Waals surface area contributed by atoms with Crippen LogP contribution in [0.1, 0.15) is 48.0 Å². The molecule has 2 aliphatic rings. The van der Waals surface area contributed by atoms with Crippen molar-refractivity contribution < 1.29 is 4.74 Å². The minimum atomic E-state index is 0.327. The molecule has 0 bridgehead atoms. The van der Waals surface area contributed by atoms with Crippen LogP contribution in [-0.4, -0.2) is 61.8 Å². The van der Waals surface area contributed by atoms with E-state index in [1.54, 1.807) is 7.11 Å². The first kappa shape index (κ1) is 29.3. The Bertz CT molecular complexity index is 1830. The Morgan fingerprint density at radius 2 is 2.14 bits per heavy atom. The number of nitrogens with zero attached hydrogens (tertiary/aromatic N) is 7. The van der Waals surface area contributed by atoms with Crippen LogP contribution < -0.4 is 0 Å². The van der Waals surface area contributed by atoms with Gasteiger partial charge in [0.15, 0.2) is 0 Å². The summed E-state index contributed by atoms with van der Waals surface area (Å²) in [6.07, 6.45) is 19.3. The Hall–Kier alpha value is -4.76. The molecular formula is C35H40N8O. The van der Waals surface area contributed by atoms with Crippen molar-refractivity contribution in [1.29, 1.82) is 0 Å². The minimum Gasteiger partial charge on any atom is -0.479 e. The highest BCUT2D eigenvalue weighted by Crippen LogP contribution is 2.31. The van der Waals surface area contributed by atoms with Crippen LogP contribution in [0.4, 0.5) is 0 Å². The lowest BCUT2D eigenvalue weighted by Crippen LogP contribution is -2.36. The number of likely N-dealkylation sites (tertiary alicyclic amines) is 1. The maximum atomic E-state index is 5.74. The van der Waals surface area contributed by atoms with E-state index in [1.807, 2.05) is 49.3 Å². The number of H-pyrrole nitrogens is 1. The topological polar surface area (TPSA) is 88.6 Å². The summed E-state index contributed by atoms with van der Waals surface area (Å²) < 4.78 is 9.82. The Balaban J connectivity index is 1.18.